The van der Waals surface area contributed by atoms with Crippen molar-refractivity contribution in [3.05, 3.63) is 182 Å². The van der Waals surface area contributed by atoms with E-state index in [2.05, 4.69) is 132 Å². The minimum atomic E-state index is 0.612. The van der Waals surface area contributed by atoms with E-state index in [1.54, 1.807) is 0 Å². The van der Waals surface area contributed by atoms with Crippen molar-refractivity contribution in [2.45, 2.75) is 0 Å². The number of fused-ring (bicyclic) bond motifs is 5. The lowest BCUT2D eigenvalue weighted by Crippen LogP contribution is -2.10. The molecule has 0 bridgehead atoms. The van der Waals surface area contributed by atoms with Gasteiger partial charge in [-0.15, -0.1) is 0 Å². The predicted octanol–water partition coefficient (Wildman–Crippen LogP) is 13.4. The quantitative estimate of drug-likeness (QED) is 0.179. The van der Waals surface area contributed by atoms with E-state index >= 15 is 0 Å². The van der Waals surface area contributed by atoms with E-state index in [4.69, 9.17) is 13.8 Å². The Bertz CT molecular complexity index is 2880. The van der Waals surface area contributed by atoms with Gasteiger partial charge in [0.05, 0.1) is 0 Å². The fourth-order valence-electron chi connectivity index (χ4n) is 7.19. The molecule has 0 amide bonds. The summed E-state index contributed by atoms with van der Waals surface area (Å²) >= 11 is 0. The number of para-hydroxylation sites is 2. The van der Waals surface area contributed by atoms with Gasteiger partial charge in [-0.05, 0) is 94.2 Å². The monoisotopic (exact) mass is 654 g/mol. The zero-order valence-electron chi connectivity index (χ0n) is 27.5. The van der Waals surface area contributed by atoms with E-state index in [0.717, 1.165) is 72.4 Å². The Morgan fingerprint density at radius 1 is 0.392 bits per heavy atom. The van der Waals surface area contributed by atoms with Crippen LogP contribution < -0.4 is 4.90 Å². The Labute approximate surface area is 294 Å². The molecule has 4 heteroatoms. The molecule has 0 aliphatic rings. The molecule has 2 aromatic heterocycles. The normalized spacial score (nSPS) is 11.5. The highest BCUT2D eigenvalue weighted by Crippen LogP contribution is 2.42. The summed E-state index contributed by atoms with van der Waals surface area (Å²) in [5, 5.41) is 4.66. The second-order valence-corrected chi connectivity index (χ2v) is 12.8. The Morgan fingerprint density at radius 2 is 1.06 bits per heavy atom. The topological polar surface area (TPSA) is 42.4 Å². The minimum absolute atomic E-state index is 0.612. The van der Waals surface area contributed by atoms with Gasteiger partial charge in [0.1, 0.15) is 16.7 Å². The molecule has 10 rings (SSSR count). The molecular weight excluding hydrogens is 625 g/mol. The summed E-state index contributed by atoms with van der Waals surface area (Å²) in [5.41, 5.74) is 11.7. The van der Waals surface area contributed by atoms with Crippen LogP contribution >= 0.6 is 0 Å². The first-order valence-electron chi connectivity index (χ1n) is 17.1. The maximum atomic E-state index is 6.44. The summed E-state index contributed by atoms with van der Waals surface area (Å²) in [6, 6.07) is 63.4. The van der Waals surface area contributed by atoms with E-state index < -0.39 is 0 Å². The van der Waals surface area contributed by atoms with Gasteiger partial charge in [0.2, 0.25) is 5.89 Å². The third-order valence-electron chi connectivity index (χ3n) is 9.66. The molecule has 0 aliphatic carbocycles. The summed E-state index contributed by atoms with van der Waals surface area (Å²) in [7, 11) is 0. The highest BCUT2D eigenvalue weighted by atomic mass is 16.3. The first-order valence-corrected chi connectivity index (χ1v) is 17.1. The third kappa shape index (κ3) is 5.13. The Kier molecular flexibility index (Phi) is 6.78. The molecule has 0 unspecified atom stereocenters. The molecule has 0 saturated heterocycles. The van der Waals surface area contributed by atoms with Crippen LogP contribution in [-0.2, 0) is 0 Å². The molecule has 0 atom stereocenters. The SMILES string of the molecule is c1ccc(-c2nc3cccc(-c4cccc(N(c5cccc(-c6ccc7ccccc7c6)c5)c5ccc6c(c5)oc5ccccc56)c4)c3o2)cc1. The molecule has 0 saturated carbocycles. The van der Waals surface area contributed by atoms with E-state index in [-0.39, 0.29) is 0 Å². The van der Waals surface area contributed by atoms with Gasteiger partial charge in [-0.25, -0.2) is 4.98 Å². The van der Waals surface area contributed by atoms with E-state index in [1.807, 2.05) is 54.6 Å². The molecule has 4 nitrogen and oxygen atoms in total. The lowest BCUT2D eigenvalue weighted by Gasteiger charge is -2.26. The Morgan fingerprint density at radius 3 is 1.94 bits per heavy atom. The third-order valence-corrected chi connectivity index (χ3v) is 9.66. The molecule has 0 radical (unpaired) electrons. The highest BCUT2D eigenvalue weighted by molar-refractivity contribution is 6.06. The van der Waals surface area contributed by atoms with Crippen molar-refractivity contribution < 1.29 is 8.83 Å². The molecule has 0 N–H and O–H groups in total. The van der Waals surface area contributed by atoms with Crippen molar-refractivity contribution in [1.29, 1.82) is 0 Å². The van der Waals surface area contributed by atoms with Crippen LogP contribution in [-0.4, -0.2) is 4.98 Å². The van der Waals surface area contributed by atoms with Crippen molar-refractivity contribution >= 4 is 60.9 Å². The first kappa shape index (κ1) is 29.0. The molecule has 2 heterocycles. The predicted molar refractivity (Wildman–Crippen MR) is 210 cm³/mol. The number of hydrogen-bond donors (Lipinski definition) is 0. The van der Waals surface area contributed by atoms with Crippen LogP contribution in [0.1, 0.15) is 0 Å². The summed E-state index contributed by atoms with van der Waals surface area (Å²) in [6.45, 7) is 0. The number of aromatic nitrogens is 1. The fraction of sp³-hybridized carbons (Fsp3) is 0. The van der Waals surface area contributed by atoms with Gasteiger partial charge in [-0.1, -0.05) is 109 Å². The van der Waals surface area contributed by atoms with Crippen LogP contribution in [0, 0.1) is 0 Å². The van der Waals surface area contributed by atoms with E-state index in [9.17, 15) is 0 Å². The largest absolute Gasteiger partial charge is 0.456 e. The smallest absolute Gasteiger partial charge is 0.227 e. The van der Waals surface area contributed by atoms with Gasteiger partial charge >= 0.3 is 0 Å². The van der Waals surface area contributed by atoms with Gasteiger partial charge in [0.25, 0.3) is 0 Å². The number of anilines is 3. The van der Waals surface area contributed by atoms with Gasteiger partial charge in [0, 0.05) is 45.0 Å². The van der Waals surface area contributed by atoms with Crippen molar-refractivity contribution in [1.82, 2.24) is 4.98 Å². The molecule has 10 aromatic rings. The summed E-state index contributed by atoms with van der Waals surface area (Å²) in [6.07, 6.45) is 0. The second-order valence-electron chi connectivity index (χ2n) is 12.8. The maximum Gasteiger partial charge on any atom is 0.227 e. The number of nitrogens with zero attached hydrogens (tertiary/aromatic N) is 2. The average molecular weight is 655 g/mol. The van der Waals surface area contributed by atoms with Crippen LogP contribution in [0.2, 0.25) is 0 Å². The molecule has 240 valence electrons. The van der Waals surface area contributed by atoms with Crippen molar-refractivity contribution in [3.63, 3.8) is 0 Å². The molecule has 0 aliphatic heterocycles. The molecule has 8 aromatic carbocycles. The van der Waals surface area contributed by atoms with Crippen molar-refractivity contribution in [2.24, 2.45) is 0 Å². The Balaban J connectivity index is 1.13. The van der Waals surface area contributed by atoms with Crippen LogP contribution in [0.25, 0.3) is 77.5 Å². The number of hydrogen-bond acceptors (Lipinski definition) is 4. The summed E-state index contributed by atoms with van der Waals surface area (Å²) < 4.78 is 12.8. The minimum Gasteiger partial charge on any atom is -0.456 e. The van der Waals surface area contributed by atoms with Crippen LogP contribution in [0.3, 0.4) is 0 Å². The van der Waals surface area contributed by atoms with Gasteiger partial charge < -0.3 is 13.7 Å². The number of rotatable bonds is 6. The van der Waals surface area contributed by atoms with Crippen molar-refractivity contribution in [3.8, 4) is 33.7 Å². The highest BCUT2D eigenvalue weighted by Gasteiger charge is 2.19. The van der Waals surface area contributed by atoms with E-state index in [0.29, 0.717) is 5.89 Å². The van der Waals surface area contributed by atoms with Gasteiger partial charge in [-0.2, -0.15) is 0 Å². The van der Waals surface area contributed by atoms with Crippen LogP contribution in [0.15, 0.2) is 191 Å². The summed E-state index contributed by atoms with van der Waals surface area (Å²) in [4.78, 5) is 7.14. The zero-order valence-corrected chi connectivity index (χ0v) is 27.5. The van der Waals surface area contributed by atoms with Crippen LogP contribution in [0.5, 0.6) is 0 Å². The Hall–Kier alpha value is -6.91. The van der Waals surface area contributed by atoms with Gasteiger partial charge in [0.15, 0.2) is 5.58 Å². The number of oxazole rings is 1. The fourth-order valence-corrected chi connectivity index (χ4v) is 7.19. The lowest BCUT2D eigenvalue weighted by molar-refractivity contribution is 0.621. The lowest BCUT2D eigenvalue weighted by atomic mass is 10.00. The number of benzene rings is 8. The molecule has 0 fully saturated rings. The maximum absolute atomic E-state index is 6.44. The zero-order chi connectivity index (χ0) is 33.7. The van der Waals surface area contributed by atoms with Crippen molar-refractivity contribution in [2.75, 3.05) is 4.90 Å². The molecule has 51 heavy (non-hydrogen) atoms. The van der Waals surface area contributed by atoms with E-state index in [1.165, 1.54) is 16.3 Å². The van der Waals surface area contributed by atoms with Gasteiger partial charge in [-0.3, -0.25) is 0 Å². The summed E-state index contributed by atoms with van der Waals surface area (Å²) in [5.74, 6) is 0.612. The second kappa shape index (κ2) is 11.9. The standard InChI is InChI=1S/C47H30N2O2/c1-2-12-32(13-3-1)47-48-43-21-10-20-40(46(43)51-47)36-16-9-18-38(29-36)49(39-25-26-42-41-19-6-7-22-44(41)50-45(42)30-39)37-17-8-15-34(28-37)35-24-23-31-11-4-5-14-33(31)27-35/h1-30H. The molecular formula is C47H30N2O2. The van der Waals surface area contributed by atoms with Crippen LogP contribution in [0.4, 0.5) is 17.1 Å². The number of furan rings is 1. The molecule has 0 spiro atoms. The average Bonchev–Trinajstić information content (AvgIpc) is 3.80. The first-order chi connectivity index (χ1) is 25.2.